The van der Waals surface area contributed by atoms with Crippen molar-refractivity contribution in [2.45, 2.75) is 18.2 Å². The van der Waals surface area contributed by atoms with Crippen molar-refractivity contribution >= 4 is 61.9 Å². The largest absolute Gasteiger partial charge is 0.326 e. The lowest BCUT2D eigenvalue weighted by Crippen LogP contribution is -2.31. The van der Waals surface area contributed by atoms with Gasteiger partial charge in [-0.15, -0.1) is 0 Å². The molecular weight excluding hydrogens is 442 g/mol. The van der Waals surface area contributed by atoms with Crippen molar-refractivity contribution < 1.29 is 18.0 Å². The molecule has 7 nitrogen and oxygen atoms in total. The number of thioether (sulfide) groups is 1. The van der Waals surface area contributed by atoms with Crippen LogP contribution in [0.25, 0.3) is 6.08 Å². The minimum absolute atomic E-state index is 0.0428. The topological polar surface area (TPSA) is 110 Å². The molecule has 3 rings (SSSR count). The van der Waals surface area contributed by atoms with Gasteiger partial charge in [0.05, 0.1) is 9.80 Å². The molecular formula is C20H19N3O4S3. The van der Waals surface area contributed by atoms with Gasteiger partial charge in [-0.3, -0.25) is 14.5 Å². The second-order valence-corrected chi connectivity index (χ2v) is 9.85. The van der Waals surface area contributed by atoms with E-state index in [1.54, 1.807) is 6.08 Å². The smallest absolute Gasteiger partial charge is 0.266 e. The summed E-state index contributed by atoms with van der Waals surface area (Å²) in [5, 5.41) is 7.70. The molecule has 1 saturated heterocycles. The summed E-state index contributed by atoms with van der Waals surface area (Å²) in [6.45, 7) is 2.14. The summed E-state index contributed by atoms with van der Waals surface area (Å²) < 4.78 is 22.9. The minimum atomic E-state index is -3.79. The molecule has 2 amide bonds. The van der Waals surface area contributed by atoms with Gasteiger partial charge in [0.15, 0.2) is 0 Å². The van der Waals surface area contributed by atoms with Gasteiger partial charge in [-0.05, 0) is 42.8 Å². The van der Waals surface area contributed by atoms with Crippen molar-refractivity contribution in [2.24, 2.45) is 5.14 Å². The molecule has 0 atom stereocenters. The molecule has 0 radical (unpaired) electrons. The molecule has 1 aliphatic heterocycles. The number of carbonyl (C=O) groups is 2. The SMILES string of the molecule is Cc1ccc(C=C2SC(=S)N(CCC(=O)Nc3ccc(S(N)(=O)=O)cc3)C2=O)cc1. The summed E-state index contributed by atoms with van der Waals surface area (Å²) in [6, 6.07) is 13.3. The fraction of sp³-hybridized carbons (Fsp3) is 0.150. The van der Waals surface area contributed by atoms with Gasteiger partial charge >= 0.3 is 0 Å². The summed E-state index contributed by atoms with van der Waals surface area (Å²) in [5.74, 6) is -0.550. The molecule has 0 aliphatic carbocycles. The summed E-state index contributed by atoms with van der Waals surface area (Å²) in [7, 11) is -3.79. The summed E-state index contributed by atoms with van der Waals surface area (Å²) in [4.78, 5) is 26.7. The standard InChI is InChI=1S/C20H19N3O4S3/c1-13-2-4-14(5-3-13)12-17-19(25)23(20(28)29-17)11-10-18(24)22-15-6-8-16(9-7-15)30(21,26)27/h2-9,12H,10-11H2,1H3,(H,22,24)(H2,21,26,27). The second kappa shape index (κ2) is 9.09. The number of sulfonamides is 1. The lowest BCUT2D eigenvalue weighted by molar-refractivity contribution is -0.122. The van der Waals surface area contributed by atoms with Crippen molar-refractivity contribution in [3.63, 3.8) is 0 Å². The number of nitrogens with zero attached hydrogens (tertiary/aromatic N) is 1. The van der Waals surface area contributed by atoms with E-state index in [0.29, 0.717) is 14.9 Å². The third-order valence-electron chi connectivity index (χ3n) is 4.28. The summed E-state index contributed by atoms with van der Waals surface area (Å²) in [5.41, 5.74) is 2.46. The Hall–Kier alpha value is -2.53. The van der Waals surface area contributed by atoms with Crippen LogP contribution < -0.4 is 10.5 Å². The van der Waals surface area contributed by atoms with Gasteiger partial charge in [-0.2, -0.15) is 0 Å². The number of rotatable bonds is 6. The Balaban J connectivity index is 1.58. The number of primary sulfonamides is 1. The number of benzene rings is 2. The monoisotopic (exact) mass is 461 g/mol. The summed E-state index contributed by atoms with van der Waals surface area (Å²) >= 11 is 6.50. The molecule has 1 fully saturated rings. The first-order chi connectivity index (χ1) is 14.1. The molecule has 0 aromatic heterocycles. The molecule has 30 heavy (non-hydrogen) atoms. The van der Waals surface area contributed by atoms with Gasteiger partial charge in [0.2, 0.25) is 15.9 Å². The Bertz CT molecular complexity index is 1120. The van der Waals surface area contributed by atoms with Crippen molar-refractivity contribution in [1.82, 2.24) is 4.90 Å². The third kappa shape index (κ3) is 5.54. The normalized spacial score (nSPS) is 15.7. The predicted octanol–water partition coefficient (Wildman–Crippen LogP) is 2.87. The Kier molecular flexibility index (Phi) is 6.71. The molecule has 156 valence electrons. The average molecular weight is 462 g/mol. The van der Waals surface area contributed by atoms with Crippen LogP contribution in [0.4, 0.5) is 5.69 Å². The van der Waals surface area contributed by atoms with E-state index in [-0.39, 0.29) is 29.7 Å². The van der Waals surface area contributed by atoms with Crippen LogP contribution >= 0.6 is 24.0 Å². The fourth-order valence-corrected chi connectivity index (χ4v) is 4.50. The van der Waals surface area contributed by atoms with Gasteiger partial charge in [0, 0.05) is 18.7 Å². The number of nitrogens with one attached hydrogen (secondary N) is 1. The highest BCUT2D eigenvalue weighted by molar-refractivity contribution is 8.26. The summed E-state index contributed by atoms with van der Waals surface area (Å²) in [6.07, 6.45) is 1.83. The van der Waals surface area contributed by atoms with Crippen LogP contribution in [-0.2, 0) is 19.6 Å². The highest BCUT2D eigenvalue weighted by Crippen LogP contribution is 2.32. The first-order valence-electron chi connectivity index (χ1n) is 8.88. The Labute approximate surface area is 184 Å². The molecule has 0 bridgehead atoms. The number of thiocarbonyl (C=S) groups is 1. The lowest BCUT2D eigenvalue weighted by Gasteiger charge is -2.14. The van der Waals surface area contributed by atoms with Gasteiger partial charge < -0.3 is 5.32 Å². The van der Waals surface area contributed by atoms with E-state index < -0.39 is 10.0 Å². The number of nitrogens with two attached hydrogens (primary N) is 1. The average Bonchev–Trinajstić information content (AvgIpc) is 2.94. The Morgan fingerprint density at radius 3 is 2.40 bits per heavy atom. The van der Waals surface area contributed by atoms with Crippen LogP contribution in [0.2, 0.25) is 0 Å². The lowest BCUT2D eigenvalue weighted by atomic mass is 10.1. The number of hydrogen-bond donors (Lipinski definition) is 2. The van der Waals surface area contributed by atoms with Crippen LogP contribution in [0.15, 0.2) is 58.3 Å². The molecule has 0 spiro atoms. The number of anilines is 1. The predicted molar refractivity (Wildman–Crippen MR) is 122 cm³/mol. The second-order valence-electron chi connectivity index (χ2n) is 6.61. The number of aryl methyl sites for hydroxylation is 1. The van der Waals surface area contributed by atoms with Crippen LogP contribution in [-0.4, -0.2) is 36.0 Å². The van der Waals surface area contributed by atoms with Gasteiger partial charge in [0.25, 0.3) is 5.91 Å². The molecule has 3 N–H and O–H groups in total. The zero-order valence-corrected chi connectivity index (χ0v) is 18.4. The minimum Gasteiger partial charge on any atom is -0.326 e. The fourth-order valence-electron chi connectivity index (χ4n) is 2.67. The molecule has 1 aliphatic rings. The van der Waals surface area contributed by atoms with Crippen LogP contribution in [0.3, 0.4) is 0 Å². The first-order valence-corrected chi connectivity index (χ1v) is 11.7. The third-order valence-corrected chi connectivity index (χ3v) is 6.58. The maximum Gasteiger partial charge on any atom is 0.266 e. The van der Waals surface area contributed by atoms with Crippen LogP contribution in [0.5, 0.6) is 0 Å². The maximum atomic E-state index is 12.6. The van der Waals surface area contributed by atoms with Crippen molar-refractivity contribution in [2.75, 3.05) is 11.9 Å². The maximum absolute atomic E-state index is 12.6. The molecule has 0 saturated carbocycles. The van der Waals surface area contributed by atoms with Gasteiger partial charge in [0.1, 0.15) is 4.32 Å². The number of amides is 2. The van der Waals surface area contributed by atoms with Crippen LogP contribution in [0.1, 0.15) is 17.5 Å². The zero-order chi connectivity index (χ0) is 21.9. The van der Waals surface area contributed by atoms with Crippen molar-refractivity contribution in [3.8, 4) is 0 Å². The van der Waals surface area contributed by atoms with E-state index in [4.69, 9.17) is 17.4 Å². The van der Waals surface area contributed by atoms with E-state index >= 15 is 0 Å². The van der Waals surface area contributed by atoms with Crippen molar-refractivity contribution in [1.29, 1.82) is 0 Å². The first kappa shape index (κ1) is 22.2. The van der Waals surface area contributed by atoms with E-state index in [2.05, 4.69) is 5.32 Å². The quantitative estimate of drug-likeness (QED) is 0.506. The molecule has 1 heterocycles. The van der Waals surface area contributed by atoms with Gasteiger partial charge in [-0.1, -0.05) is 53.8 Å². The molecule has 10 heteroatoms. The number of carbonyl (C=O) groups excluding carboxylic acids is 2. The van der Waals surface area contributed by atoms with Crippen LogP contribution in [0, 0.1) is 6.92 Å². The Morgan fingerprint density at radius 1 is 1.17 bits per heavy atom. The van der Waals surface area contributed by atoms with Crippen molar-refractivity contribution in [3.05, 3.63) is 64.6 Å². The zero-order valence-electron chi connectivity index (χ0n) is 16.0. The Morgan fingerprint density at radius 2 is 1.80 bits per heavy atom. The number of hydrogen-bond acceptors (Lipinski definition) is 6. The van der Waals surface area contributed by atoms with E-state index in [0.717, 1.165) is 11.1 Å². The highest BCUT2D eigenvalue weighted by atomic mass is 32.2. The van der Waals surface area contributed by atoms with E-state index in [1.165, 1.54) is 40.9 Å². The molecule has 0 unspecified atom stereocenters. The van der Waals surface area contributed by atoms with E-state index in [9.17, 15) is 18.0 Å². The highest BCUT2D eigenvalue weighted by Gasteiger charge is 2.32. The molecule has 2 aromatic rings. The molecule has 2 aromatic carbocycles. The van der Waals surface area contributed by atoms with E-state index in [1.807, 2.05) is 31.2 Å². The van der Waals surface area contributed by atoms with Gasteiger partial charge in [-0.25, -0.2) is 13.6 Å².